The molecule has 3 rings (SSSR count). The Morgan fingerprint density at radius 3 is 2.79 bits per heavy atom. The third-order valence-corrected chi connectivity index (χ3v) is 4.41. The molecule has 19 heavy (non-hydrogen) atoms. The maximum Gasteiger partial charge on any atom is 0.166 e. The Bertz CT molecular complexity index is 513. The zero-order chi connectivity index (χ0) is 13.6. The van der Waals surface area contributed by atoms with Gasteiger partial charge in [0, 0.05) is 29.1 Å². The van der Waals surface area contributed by atoms with Crippen LogP contribution in [0.2, 0.25) is 5.02 Å². The Balaban J connectivity index is 2.24. The van der Waals surface area contributed by atoms with E-state index in [0.717, 1.165) is 29.4 Å². The van der Waals surface area contributed by atoms with Gasteiger partial charge in [-0.15, -0.1) is 0 Å². The van der Waals surface area contributed by atoms with Crippen molar-refractivity contribution in [3.8, 4) is 11.5 Å². The Kier molecular flexibility index (Phi) is 3.14. The van der Waals surface area contributed by atoms with Crippen molar-refractivity contribution in [2.45, 2.75) is 38.1 Å². The molecule has 4 heteroatoms. The summed E-state index contributed by atoms with van der Waals surface area (Å²) >= 11 is 6.50. The summed E-state index contributed by atoms with van der Waals surface area (Å²) in [5.41, 5.74) is 2.46. The summed E-state index contributed by atoms with van der Waals surface area (Å²) in [4.78, 5) is 0. The highest BCUT2D eigenvalue weighted by Crippen LogP contribution is 2.54. The summed E-state index contributed by atoms with van der Waals surface area (Å²) in [5.74, 6) is 1.68. The highest BCUT2D eigenvalue weighted by Gasteiger charge is 2.41. The molecule has 0 fully saturated rings. The van der Waals surface area contributed by atoms with E-state index in [9.17, 15) is 0 Å². The van der Waals surface area contributed by atoms with Crippen molar-refractivity contribution in [2.75, 3.05) is 20.3 Å². The molecule has 2 aliphatic rings. The fraction of sp³-hybridized carbons (Fsp3) is 0.600. The first-order valence-electron chi connectivity index (χ1n) is 6.84. The van der Waals surface area contributed by atoms with Crippen LogP contribution >= 0.6 is 11.6 Å². The number of ether oxygens (including phenoxy) is 2. The molecule has 0 spiro atoms. The van der Waals surface area contributed by atoms with Gasteiger partial charge in [0.15, 0.2) is 11.5 Å². The number of benzene rings is 1. The fourth-order valence-electron chi connectivity index (χ4n) is 3.28. The Morgan fingerprint density at radius 2 is 2.05 bits per heavy atom. The first-order valence-corrected chi connectivity index (χ1v) is 7.22. The predicted octanol–water partition coefficient (Wildman–Crippen LogP) is 3.44. The second-order valence-electron chi connectivity index (χ2n) is 5.95. The van der Waals surface area contributed by atoms with E-state index in [1.165, 1.54) is 11.1 Å². The van der Waals surface area contributed by atoms with Gasteiger partial charge in [-0.25, -0.2) is 0 Å². The minimum atomic E-state index is 0.0603. The third-order valence-electron chi connectivity index (χ3n) is 4.12. The van der Waals surface area contributed by atoms with Crippen molar-refractivity contribution in [2.24, 2.45) is 0 Å². The molecule has 0 radical (unpaired) electrons. The van der Waals surface area contributed by atoms with Gasteiger partial charge in [-0.05, 0) is 24.4 Å². The van der Waals surface area contributed by atoms with Crippen molar-refractivity contribution >= 4 is 11.6 Å². The lowest BCUT2D eigenvalue weighted by Gasteiger charge is -2.21. The Morgan fingerprint density at radius 1 is 1.32 bits per heavy atom. The second kappa shape index (κ2) is 4.57. The van der Waals surface area contributed by atoms with Crippen LogP contribution in [-0.4, -0.2) is 20.3 Å². The smallest absolute Gasteiger partial charge is 0.166 e. The molecule has 1 aliphatic carbocycles. The average molecular weight is 282 g/mol. The summed E-state index contributed by atoms with van der Waals surface area (Å²) in [6.07, 6.45) is 1.94. The minimum absolute atomic E-state index is 0.0603. The molecule has 1 heterocycles. The molecule has 1 aromatic rings. The van der Waals surface area contributed by atoms with Gasteiger partial charge in [0.2, 0.25) is 0 Å². The van der Waals surface area contributed by atoms with Crippen LogP contribution in [0.5, 0.6) is 11.5 Å². The molecular weight excluding hydrogens is 262 g/mol. The normalized spacial score (nSPS) is 23.9. The molecule has 0 amide bonds. The van der Waals surface area contributed by atoms with Gasteiger partial charge in [-0.1, -0.05) is 25.4 Å². The van der Waals surface area contributed by atoms with Gasteiger partial charge < -0.3 is 14.8 Å². The van der Waals surface area contributed by atoms with Gasteiger partial charge in [0.05, 0.1) is 13.2 Å². The number of nitrogens with one attached hydrogen (secondary N) is 1. The summed E-state index contributed by atoms with van der Waals surface area (Å²) < 4.78 is 11.7. The van der Waals surface area contributed by atoms with E-state index in [4.69, 9.17) is 21.1 Å². The van der Waals surface area contributed by atoms with Crippen molar-refractivity contribution in [1.82, 2.24) is 5.32 Å². The molecule has 1 atom stereocenters. The molecule has 0 saturated carbocycles. The van der Waals surface area contributed by atoms with E-state index in [-0.39, 0.29) is 11.5 Å². The summed E-state index contributed by atoms with van der Waals surface area (Å²) in [6, 6.07) is 2.19. The van der Waals surface area contributed by atoms with E-state index in [2.05, 4.69) is 19.2 Å². The largest absolute Gasteiger partial charge is 0.489 e. The van der Waals surface area contributed by atoms with Crippen LogP contribution < -0.4 is 14.8 Å². The lowest BCUT2D eigenvalue weighted by Crippen LogP contribution is -2.17. The Hall–Kier alpha value is -0.930. The number of hydrogen-bond acceptors (Lipinski definition) is 3. The summed E-state index contributed by atoms with van der Waals surface area (Å²) in [7, 11) is 1.99. The van der Waals surface area contributed by atoms with E-state index in [1.54, 1.807) is 0 Å². The molecule has 104 valence electrons. The lowest BCUT2D eigenvalue weighted by molar-refractivity contribution is 0.295. The van der Waals surface area contributed by atoms with Crippen LogP contribution in [0.3, 0.4) is 0 Å². The lowest BCUT2D eigenvalue weighted by atomic mass is 9.86. The molecule has 0 bridgehead atoms. The van der Waals surface area contributed by atoms with Crippen LogP contribution in [0.25, 0.3) is 0 Å². The van der Waals surface area contributed by atoms with Crippen molar-refractivity contribution < 1.29 is 9.47 Å². The van der Waals surface area contributed by atoms with Crippen LogP contribution in [0.15, 0.2) is 6.07 Å². The topological polar surface area (TPSA) is 30.5 Å². The number of halogens is 1. The van der Waals surface area contributed by atoms with Gasteiger partial charge >= 0.3 is 0 Å². The van der Waals surface area contributed by atoms with E-state index in [0.29, 0.717) is 13.2 Å². The molecule has 1 aliphatic heterocycles. The summed E-state index contributed by atoms with van der Waals surface area (Å²) in [6.45, 7) is 5.87. The minimum Gasteiger partial charge on any atom is -0.489 e. The first-order chi connectivity index (χ1) is 9.04. The fourth-order valence-corrected chi connectivity index (χ4v) is 3.74. The quantitative estimate of drug-likeness (QED) is 0.855. The highest BCUT2D eigenvalue weighted by atomic mass is 35.5. The van der Waals surface area contributed by atoms with Gasteiger partial charge in [0.1, 0.15) is 0 Å². The number of hydrogen-bond donors (Lipinski definition) is 1. The zero-order valence-electron chi connectivity index (χ0n) is 11.7. The molecule has 1 N–H and O–H groups in total. The van der Waals surface area contributed by atoms with Gasteiger partial charge in [-0.2, -0.15) is 0 Å². The maximum atomic E-state index is 6.50. The highest BCUT2D eigenvalue weighted by molar-refractivity contribution is 6.32. The maximum absolute atomic E-state index is 6.50. The van der Waals surface area contributed by atoms with Gasteiger partial charge in [-0.3, -0.25) is 0 Å². The monoisotopic (exact) mass is 281 g/mol. The second-order valence-corrected chi connectivity index (χ2v) is 6.36. The van der Waals surface area contributed by atoms with Crippen LogP contribution in [0.1, 0.15) is 43.9 Å². The molecule has 0 aromatic heterocycles. The first kappa shape index (κ1) is 13.1. The van der Waals surface area contributed by atoms with E-state index < -0.39 is 0 Å². The van der Waals surface area contributed by atoms with Crippen molar-refractivity contribution in [3.63, 3.8) is 0 Å². The third kappa shape index (κ3) is 2.00. The molecular formula is C15H20ClNO2. The van der Waals surface area contributed by atoms with E-state index >= 15 is 0 Å². The average Bonchev–Trinajstić information content (AvgIpc) is 2.52. The van der Waals surface area contributed by atoms with Crippen LogP contribution in [0.4, 0.5) is 0 Å². The number of rotatable bonds is 1. The van der Waals surface area contributed by atoms with Crippen LogP contribution in [0, 0.1) is 0 Å². The molecule has 3 nitrogen and oxygen atoms in total. The van der Waals surface area contributed by atoms with Gasteiger partial charge in [0.25, 0.3) is 0 Å². The van der Waals surface area contributed by atoms with Crippen molar-refractivity contribution in [1.29, 1.82) is 0 Å². The SMILES string of the molecule is CNC1CC(C)(C)c2c(Cl)cc3c(c21)OCCCO3. The van der Waals surface area contributed by atoms with Crippen molar-refractivity contribution in [3.05, 3.63) is 22.2 Å². The standard InChI is InChI=1S/C15H20ClNO2/c1-15(2)8-10(17-3)12-13(15)9(16)7-11-14(12)19-6-4-5-18-11/h7,10,17H,4-6,8H2,1-3H3. The summed E-state index contributed by atoms with van der Waals surface area (Å²) in [5, 5.41) is 4.17. The Labute approximate surface area is 119 Å². The zero-order valence-corrected chi connectivity index (χ0v) is 12.4. The van der Waals surface area contributed by atoms with E-state index in [1.807, 2.05) is 13.1 Å². The molecule has 1 unspecified atom stereocenters. The van der Waals surface area contributed by atoms with Crippen LogP contribution in [-0.2, 0) is 5.41 Å². The molecule has 1 aromatic carbocycles. The predicted molar refractivity (Wildman–Crippen MR) is 76.5 cm³/mol. The molecule has 0 saturated heterocycles. The number of fused-ring (bicyclic) bond motifs is 3.